The summed E-state index contributed by atoms with van der Waals surface area (Å²) in [5.41, 5.74) is 0.287. The summed E-state index contributed by atoms with van der Waals surface area (Å²) in [5.74, 6) is -0.413. The van der Waals surface area contributed by atoms with Gasteiger partial charge in [0.25, 0.3) is 10.0 Å². The summed E-state index contributed by atoms with van der Waals surface area (Å²) >= 11 is 0.771. The van der Waals surface area contributed by atoms with E-state index in [1.165, 1.54) is 32.2 Å². The lowest BCUT2D eigenvalue weighted by atomic mass is 10.0. The molecule has 7 nitrogen and oxygen atoms in total. The van der Waals surface area contributed by atoms with E-state index in [1.54, 1.807) is 0 Å². The first kappa shape index (κ1) is 21.3. The average molecular weight is 416 g/mol. The summed E-state index contributed by atoms with van der Waals surface area (Å²) in [5, 5.41) is 12.4. The Morgan fingerprint density at radius 3 is 2.26 bits per heavy atom. The third kappa shape index (κ3) is 5.02. The van der Waals surface area contributed by atoms with Crippen molar-refractivity contribution in [3.05, 3.63) is 40.2 Å². The Morgan fingerprint density at radius 2 is 1.81 bits per heavy atom. The number of anilines is 1. The first-order chi connectivity index (χ1) is 12.5. The van der Waals surface area contributed by atoms with E-state index in [2.05, 4.69) is 10.3 Å². The van der Waals surface area contributed by atoms with E-state index in [1.807, 2.05) is 18.6 Å². The first-order valence-corrected chi connectivity index (χ1v) is 10.6. The number of nitrogens with one attached hydrogen (secondary N) is 2. The largest absolute Gasteiger partial charge is 0.385 e. The Kier molecular flexibility index (Phi) is 6.23. The van der Waals surface area contributed by atoms with Crippen LogP contribution in [-0.4, -0.2) is 24.5 Å². The molecule has 0 bridgehead atoms. The third-order valence-corrected chi connectivity index (χ3v) is 6.84. The highest BCUT2D eigenvalue weighted by molar-refractivity contribution is 7.92. The number of hydrogen-bond donors (Lipinski definition) is 3. The zero-order valence-electron chi connectivity index (χ0n) is 15.5. The monoisotopic (exact) mass is 415 g/mol. The van der Waals surface area contributed by atoms with Crippen molar-refractivity contribution in [1.82, 2.24) is 9.71 Å². The van der Waals surface area contributed by atoms with E-state index in [9.17, 15) is 22.7 Å². The fourth-order valence-electron chi connectivity index (χ4n) is 2.41. The molecule has 0 radical (unpaired) electrons. The number of sulfonamides is 1. The number of urea groups is 1. The summed E-state index contributed by atoms with van der Waals surface area (Å²) in [4.78, 5) is 16.4. The van der Waals surface area contributed by atoms with Crippen LogP contribution in [0, 0.1) is 5.82 Å². The summed E-state index contributed by atoms with van der Waals surface area (Å²) in [7, 11) is -4.21. The van der Waals surface area contributed by atoms with E-state index < -0.39 is 27.5 Å². The van der Waals surface area contributed by atoms with Gasteiger partial charge in [0.1, 0.15) is 5.82 Å². The first-order valence-electron chi connectivity index (χ1n) is 8.31. The number of halogens is 1. The molecule has 0 atom stereocenters. The molecule has 1 heterocycles. The molecule has 27 heavy (non-hydrogen) atoms. The maximum atomic E-state index is 13.7. The van der Waals surface area contributed by atoms with Gasteiger partial charge in [0.2, 0.25) is 4.34 Å². The van der Waals surface area contributed by atoms with Crippen LogP contribution in [-0.2, 0) is 28.5 Å². The molecule has 0 saturated carbocycles. The number of hydrogen-bond acceptors (Lipinski definition) is 6. The smallest absolute Gasteiger partial charge is 0.333 e. The number of rotatable bonds is 6. The van der Waals surface area contributed by atoms with E-state index in [0.717, 1.165) is 11.3 Å². The van der Waals surface area contributed by atoms with Gasteiger partial charge in [0.15, 0.2) is 0 Å². The van der Waals surface area contributed by atoms with Crippen LogP contribution in [0.3, 0.4) is 0 Å². The molecule has 0 saturated heterocycles. The molecule has 2 aromatic rings. The molecule has 0 spiro atoms. The number of carbonyl (C=O) groups excluding carboxylic acids is 1. The molecule has 10 heteroatoms. The van der Waals surface area contributed by atoms with Gasteiger partial charge in [-0.15, -0.1) is 11.3 Å². The maximum absolute atomic E-state index is 13.7. The van der Waals surface area contributed by atoms with Gasteiger partial charge in [0.05, 0.1) is 10.5 Å². The van der Waals surface area contributed by atoms with E-state index in [-0.39, 0.29) is 4.34 Å². The number of aliphatic hydroxyl groups is 1. The molecule has 3 N–H and O–H groups in total. The van der Waals surface area contributed by atoms with Crippen molar-refractivity contribution in [3.8, 4) is 0 Å². The molecule has 2 rings (SSSR count). The van der Waals surface area contributed by atoms with Gasteiger partial charge in [-0.05, 0) is 49.9 Å². The van der Waals surface area contributed by atoms with Crippen molar-refractivity contribution >= 4 is 33.1 Å². The minimum absolute atomic E-state index is 0.333. The quantitative estimate of drug-likeness (QED) is 0.672. The van der Waals surface area contributed by atoms with Crippen LogP contribution < -0.4 is 10.0 Å². The van der Waals surface area contributed by atoms with Crippen LogP contribution >= 0.6 is 11.3 Å². The predicted octanol–water partition coefficient (Wildman–Crippen LogP) is 3.14. The molecule has 148 valence electrons. The van der Waals surface area contributed by atoms with Crippen LogP contribution in [0.2, 0.25) is 0 Å². The molecule has 0 fully saturated rings. The predicted molar refractivity (Wildman–Crippen MR) is 102 cm³/mol. The number of benzene rings is 1. The number of aryl methyl sites for hydroxylation is 2. The molecule has 1 aromatic carbocycles. The second kappa shape index (κ2) is 7.91. The van der Waals surface area contributed by atoms with Crippen LogP contribution in [0.1, 0.15) is 43.7 Å². The molecule has 0 unspecified atom stereocenters. The van der Waals surface area contributed by atoms with Crippen molar-refractivity contribution in [2.24, 2.45) is 0 Å². The van der Waals surface area contributed by atoms with Gasteiger partial charge in [-0.2, -0.15) is 8.42 Å². The van der Waals surface area contributed by atoms with Crippen LogP contribution in [0.5, 0.6) is 0 Å². The number of thiazole rings is 1. The van der Waals surface area contributed by atoms with E-state index in [0.29, 0.717) is 34.5 Å². The van der Waals surface area contributed by atoms with Crippen LogP contribution in [0.4, 0.5) is 14.9 Å². The lowest BCUT2D eigenvalue weighted by Gasteiger charge is -2.15. The Morgan fingerprint density at radius 1 is 1.26 bits per heavy atom. The molecular weight excluding hydrogens is 393 g/mol. The molecule has 2 amide bonds. The zero-order chi connectivity index (χ0) is 20.4. The Bertz CT molecular complexity index is 924. The third-order valence-electron chi connectivity index (χ3n) is 3.81. The highest BCUT2D eigenvalue weighted by atomic mass is 32.2. The SMILES string of the molecule is CCc1cc(F)cc(CC)c1NC(=O)NS(=O)(=O)c1ncc(C(C)(C)O)s1. The van der Waals surface area contributed by atoms with Crippen LogP contribution in [0.15, 0.2) is 22.7 Å². The van der Waals surface area contributed by atoms with Crippen molar-refractivity contribution in [2.45, 2.75) is 50.5 Å². The fourth-order valence-corrected chi connectivity index (χ4v) is 4.47. The molecule has 1 aromatic heterocycles. The van der Waals surface area contributed by atoms with E-state index in [4.69, 9.17) is 0 Å². The highest BCUT2D eigenvalue weighted by Crippen LogP contribution is 2.28. The minimum Gasteiger partial charge on any atom is -0.385 e. The second-order valence-corrected chi connectivity index (χ2v) is 9.30. The number of nitrogens with zero attached hydrogens (tertiary/aromatic N) is 1. The number of aromatic nitrogens is 1. The van der Waals surface area contributed by atoms with Crippen molar-refractivity contribution in [1.29, 1.82) is 0 Å². The lowest BCUT2D eigenvalue weighted by Crippen LogP contribution is -2.34. The van der Waals surface area contributed by atoms with Gasteiger partial charge in [0, 0.05) is 11.9 Å². The van der Waals surface area contributed by atoms with Crippen molar-refractivity contribution < 1.29 is 22.7 Å². The standard InChI is InChI=1S/C17H22FN3O4S2/c1-5-10-7-12(18)8-11(6-2)14(10)20-15(22)21-27(24,25)16-19-9-13(26-16)17(3,4)23/h7-9,23H,5-6H2,1-4H3,(H2,20,21,22). The summed E-state index contributed by atoms with van der Waals surface area (Å²) < 4.78 is 40.0. The Hall–Kier alpha value is -2.04. The van der Waals surface area contributed by atoms with Crippen molar-refractivity contribution in [2.75, 3.05) is 5.32 Å². The summed E-state index contributed by atoms with van der Waals surface area (Å²) in [6.45, 7) is 6.62. The lowest BCUT2D eigenvalue weighted by molar-refractivity contribution is 0.0823. The molecule has 0 aliphatic heterocycles. The number of amides is 2. The summed E-state index contributed by atoms with van der Waals surface area (Å²) in [6.07, 6.45) is 2.19. The molecular formula is C17H22FN3O4S2. The summed E-state index contributed by atoms with van der Waals surface area (Å²) in [6, 6.07) is 1.64. The zero-order valence-corrected chi connectivity index (χ0v) is 17.1. The Balaban J connectivity index is 2.24. The van der Waals surface area contributed by atoms with Gasteiger partial charge in [-0.25, -0.2) is 18.9 Å². The maximum Gasteiger partial charge on any atom is 0.333 e. The number of carbonyl (C=O) groups is 1. The van der Waals surface area contributed by atoms with Gasteiger partial charge in [-0.3, -0.25) is 0 Å². The highest BCUT2D eigenvalue weighted by Gasteiger charge is 2.26. The molecule has 0 aliphatic rings. The topological polar surface area (TPSA) is 108 Å². The minimum atomic E-state index is -4.21. The molecule has 0 aliphatic carbocycles. The van der Waals surface area contributed by atoms with E-state index >= 15 is 0 Å². The second-order valence-electron chi connectivity index (χ2n) is 6.42. The van der Waals surface area contributed by atoms with Crippen LogP contribution in [0.25, 0.3) is 0 Å². The van der Waals surface area contributed by atoms with Gasteiger partial charge in [-0.1, -0.05) is 13.8 Å². The van der Waals surface area contributed by atoms with Crippen molar-refractivity contribution in [3.63, 3.8) is 0 Å². The van der Waals surface area contributed by atoms with Gasteiger partial charge < -0.3 is 10.4 Å². The fraction of sp³-hybridized carbons (Fsp3) is 0.412. The average Bonchev–Trinajstić information content (AvgIpc) is 3.06. The Labute approximate surface area is 161 Å². The normalized spacial score (nSPS) is 12.1. The van der Waals surface area contributed by atoms with Gasteiger partial charge >= 0.3 is 6.03 Å².